The fourth-order valence-electron chi connectivity index (χ4n) is 2.96. The van der Waals surface area contributed by atoms with Crippen molar-refractivity contribution in [2.75, 3.05) is 29.5 Å². The molecule has 1 aliphatic rings. The first-order valence-electron chi connectivity index (χ1n) is 9.39. The molecular weight excluding hydrogens is 394 g/mol. The van der Waals surface area contributed by atoms with E-state index in [2.05, 4.69) is 4.98 Å². The van der Waals surface area contributed by atoms with Crippen LogP contribution in [0.25, 0.3) is 0 Å². The zero-order chi connectivity index (χ0) is 20.8. The van der Waals surface area contributed by atoms with Gasteiger partial charge in [0, 0.05) is 37.5 Å². The number of ether oxygens (including phenoxy) is 2. The number of anilines is 2. The van der Waals surface area contributed by atoms with Crippen molar-refractivity contribution in [3.05, 3.63) is 35.3 Å². The third kappa shape index (κ3) is 5.32. The molecule has 1 saturated heterocycles. The second kappa shape index (κ2) is 9.51. The number of carbonyl (C=O) groups is 3. The molecule has 0 unspecified atom stereocenters. The summed E-state index contributed by atoms with van der Waals surface area (Å²) in [6.45, 7) is 4.40. The summed E-state index contributed by atoms with van der Waals surface area (Å²) in [6, 6.07) is 7.05. The zero-order valence-electron chi connectivity index (χ0n) is 16.4. The van der Waals surface area contributed by atoms with Gasteiger partial charge in [0.05, 0.1) is 5.69 Å². The average Bonchev–Trinajstić information content (AvgIpc) is 3.34. The van der Waals surface area contributed by atoms with Gasteiger partial charge in [-0.05, 0) is 37.6 Å². The van der Waals surface area contributed by atoms with E-state index in [4.69, 9.17) is 9.47 Å². The Kier molecular flexibility index (Phi) is 6.82. The number of aromatic nitrogens is 1. The first-order valence-corrected chi connectivity index (χ1v) is 10.3. The predicted molar refractivity (Wildman–Crippen MR) is 109 cm³/mol. The number of hydrogen-bond donors (Lipinski definition) is 0. The van der Waals surface area contributed by atoms with Crippen LogP contribution in [0.4, 0.5) is 10.8 Å². The van der Waals surface area contributed by atoms with Crippen LogP contribution in [0.1, 0.15) is 32.4 Å². The SMILES string of the molecule is CCN(C(C)=O)c1nc(COC(=O)COc2ccc(N3CCCC3=O)cc2)cs1. The van der Waals surface area contributed by atoms with E-state index in [0.717, 1.165) is 18.7 Å². The maximum Gasteiger partial charge on any atom is 0.344 e. The van der Waals surface area contributed by atoms with Gasteiger partial charge in [-0.25, -0.2) is 9.78 Å². The Morgan fingerprint density at radius 3 is 2.66 bits per heavy atom. The molecule has 9 heteroatoms. The van der Waals surface area contributed by atoms with Gasteiger partial charge in [0.15, 0.2) is 11.7 Å². The fourth-order valence-corrected chi connectivity index (χ4v) is 3.88. The standard InChI is InChI=1S/C20H23N3O5S/c1-3-22(14(2)24)20-21-15(13-29-20)11-28-19(26)12-27-17-8-6-16(7-9-17)23-10-4-5-18(23)25/h6-9,13H,3-5,10-12H2,1-2H3. The van der Waals surface area contributed by atoms with Crippen molar-refractivity contribution in [1.29, 1.82) is 0 Å². The van der Waals surface area contributed by atoms with Crippen molar-refractivity contribution in [1.82, 2.24) is 4.98 Å². The highest BCUT2D eigenvalue weighted by atomic mass is 32.1. The Hall–Kier alpha value is -2.94. The molecule has 8 nitrogen and oxygen atoms in total. The van der Waals surface area contributed by atoms with Gasteiger partial charge < -0.3 is 14.4 Å². The maximum atomic E-state index is 11.9. The minimum absolute atomic E-state index is 0.0180. The Morgan fingerprint density at radius 1 is 1.28 bits per heavy atom. The Labute approximate surface area is 173 Å². The normalized spacial score (nSPS) is 13.4. The van der Waals surface area contributed by atoms with Gasteiger partial charge in [-0.2, -0.15) is 0 Å². The zero-order valence-corrected chi connectivity index (χ0v) is 17.2. The number of nitrogens with zero attached hydrogens (tertiary/aromatic N) is 3. The molecule has 154 valence electrons. The Balaban J connectivity index is 1.45. The monoisotopic (exact) mass is 417 g/mol. The highest BCUT2D eigenvalue weighted by molar-refractivity contribution is 7.14. The van der Waals surface area contributed by atoms with E-state index >= 15 is 0 Å². The Morgan fingerprint density at radius 2 is 2.03 bits per heavy atom. The third-order valence-corrected chi connectivity index (χ3v) is 5.34. The average molecular weight is 417 g/mol. The number of rotatable bonds is 8. The molecule has 2 aromatic rings. The van der Waals surface area contributed by atoms with Crippen LogP contribution in [0.5, 0.6) is 5.75 Å². The summed E-state index contributed by atoms with van der Waals surface area (Å²) in [5, 5.41) is 2.34. The van der Waals surface area contributed by atoms with Gasteiger partial charge in [-0.1, -0.05) is 0 Å². The molecule has 2 heterocycles. The lowest BCUT2D eigenvalue weighted by Crippen LogP contribution is -2.27. The number of amides is 2. The minimum atomic E-state index is -0.516. The molecule has 0 spiro atoms. The molecule has 1 aromatic heterocycles. The van der Waals surface area contributed by atoms with Crippen molar-refractivity contribution >= 4 is 39.9 Å². The molecule has 0 radical (unpaired) electrons. The largest absolute Gasteiger partial charge is 0.482 e. The number of esters is 1. The van der Waals surface area contributed by atoms with E-state index in [-0.39, 0.29) is 25.0 Å². The maximum absolute atomic E-state index is 11.9. The van der Waals surface area contributed by atoms with Crippen molar-refractivity contribution < 1.29 is 23.9 Å². The lowest BCUT2D eigenvalue weighted by Gasteiger charge is -2.16. The summed E-state index contributed by atoms with van der Waals surface area (Å²) >= 11 is 1.33. The molecule has 1 aromatic carbocycles. The van der Waals surface area contributed by atoms with Crippen LogP contribution >= 0.6 is 11.3 Å². The van der Waals surface area contributed by atoms with Crippen LogP contribution in [0.2, 0.25) is 0 Å². The summed E-state index contributed by atoms with van der Waals surface area (Å²) < 4.78 is 10.6. The van der Waals surface area contributed by atoms with Crippen LogP contribution in [-0.4, -0.2) is 42.5 Å². The van der Waals surface area contributed by atoms with E-state index in [0.29, 0.717) is 29.5 Å². The molecule has 1 fully saturated rings. The molecule has 0 N–H and O–H groups in total. The van der Waals surface area contributed by atoms with Crippen LogP contribution < -0.4 is 14.5 Å². The first kappa shape index (κ1) is 20.8. The van der Waals surface area contributed by atoms with Crippen LogP contribution in [0, 0.1) is 0 Å². The number of carbonyl (C=O) groups excluding carboxylic acids is 3. The lowest BCUT2D eigenvalue weighted by molar-refractivity contribution is -0.147. The van der Waals surface area contributed by atoms with Gasteiger partial charge in [0.2, 0.25) is 11.8 Å². The highest BCUT2D eigenvalue weighted by Crippen LogP contribution is 2.24. The molecule has 0 aliphatic carbocycles. The van der Waals surface area contributed by atoms with E-state index in [9.17, 15) is 14.4 Å². The number of thiazole rings is 1. The van der Waals surface area contributed by atoms with E-state index in [1.165, 1.54) is 18.3 Å². The predicted octanol–water partition coefficient (Wildman–Crippen LogP) is 2.76. The molecule has 0 atom stereocenters. The number of benzene rings is 1. The highest BCUT2D eigenvalue weighted by Gasteiger charge is 2.21. The van der Waals surface area contributed by atoms with E-state index < -0.39 is 5.97 Å². The molecule has 1 aliphatic heterocycles. The summed E-state index contributed by atoms with van der Waals surface area (Å²) in [4.78, 5) is 42.9. The second-order valence-corrected chi connectivity index (χ2v) is 7.31. The van der Waals surface area contributed by atoms with Gasteiger partial charge in [0.1, 0.15) is 12.4 Å². The van der Waals surface area contributed by atoms with Crippen LogP contribution in [0.3, 0.4) is 0 Å². The van der Waals surface area contributed by atoms with Gasteiger partial charge in [-0.3, -0.25) is 14.5 Å². The smallest absolute Gasteiger partial charge is 0.344 e. The minimum Gasteiger partial charge on any atom is -0.482 e. The summed E-state index contributed by atoms with van der Waals surface area (Å²) in [7, 11) is 0. The third-order valence-electron chi connectivity index (χ3n) is 4.43. The van der Waals surface area contributed by atoms with Gasteiger partial charge in [-0.15, -0.1) is 11.3 Å². The molecular formula is C20H23N3O5S. The van der Waals surface area contributed by atoms with Crippen molar-refractivity contribution in [2.24, 2.45) is 0 Å². The van der Waals surface area contributed by atoms with E-state index in [1.54, 1.807) is 39.4 Å². The number of hydrogen-bond acceptors (Lipinski definition) is 7. The Bertz CT molecular complexity index is 880. The van der Waals surface area contributed by atoms with Gasteiger partial charge in [0.25, 0.3) is 0 Å². The van der Waals surface area contributed by atoms with Crippen molar-refractivity contribution in [3.63, 3.8) is 0 Å². The second-order valence-electron chi connectivity index (χ2n) is 6.48. The van der Waals surface area contributed by atoms with Crippen LogP contribution in [-0.2, 0) is 25.7 Å². The van der Waals surface area contributed by atoms with E-state index in [1.807, 2.05) is 6.92 Å². The molecule has 0 saturated carbocycles. The fraction of sp³-hybridized carbons (Fsp3) is 0.400. The molecule has 3 rings (SSSR count). The van der Waals surface area contributed by atoms with Gasteiger partial charge >= 0.3 is 5.97 Å². The summed E-state index contributed by atoms with van der Waals surface area (Å²) in [5.41, 5.74) is 1.41. The summed E-state index contributed by atoms with van der Waals surface area (Å²) in [6.07, 6.45) is 1.45. The molecule has 0 bridgehead atoms. The molecule has 29 heavy (non-hydrogen) atoms. The van der Waals surface area contributed by atoms with Crippen molar-refractivity contribution in [2.45, 2.75) is 33.3 Å². The topological polar surface area (TPSA) is 89.0 Å². The lowest BCUT2D eigenvalue weighted by atomic mass is 10.3. The quantitative estimate of drug-likeness (QED) is 0.614. The molecule has 2 amide bonds. The first-order chi connectivity index (χ1) is 14.0. The van der Waals surface area contributed by atoms with Crippen LogP contribution in [0.15, 0.2) is 29.6 Å². The summed E-state index contributed by atoms with van der Waals surface area (Å²) in [5.74, 6) is 0.0438. The van der Waals surface area contributed by atoms with Crippen molar-refractivity contribution in [3.8, 4) is 5.75 Å².